The number of rotatable bonds is 3. The minimum atomic E-state index is 1.06. The number of hydrogen-bond acceptors (Lipinski definition) is 3. The number of aromatic nitrogens is 3. The van der Waals surface area contributed by atoms with Gasteiger partial charge in [-0.2, -0.15) is 5.10 Å². The summed E-state index contributed by atoms with van der Waals surface area (Å²) in [5.41, 5.74) is 3.25. The van der Waals surface area contributed by atoms with Crippen LogP contribution in [0.5, 0.6) is 0 Å². The molecular formula is C15H13N3S. The van der Waals surface area contributed by atoms with Crippen molar-refractivity contribution in [3.63, 3.8) is 0 Å². The molecule has 94 valence electrons. The first-order valence-electron chi connectivity index (χ1n) is 5.97. The van der Waals surface area contributed by atoms with Crippen molar-refractivity contribution in [3.05, 3.63) is 61.1 Å². The van der Waals surface area contributed by atoms with E-state index in [2.05, 4.69) is 40.6 Å². The van der Waals surface area contributed by atoms with Crippen molar-refractivity contribution in [3.8, 4) is 16.9 Å². The molecule has 3 aromatic rings. The molecule has 0 radical (unpaired) electrons. The van der Waals surface area contributed by atoms with Crippen LogP contribution in [0.2, 0.25) is 0 Å². The van der Waals surface area contributed by atoms with Gasteiger partial charge in [-0.15, -0.1) is 11.8 Å². The number of nitrogens with zero attached hydrogens (tertiary/aromatic N) is 3. The van der Waals surface area contributed by atoms with Gasteiger partial charge in [0.2, 0.25) is 0 Å². The first-order valence-corrected chi connectivity index (χ1v) is 7.20. The Morgan fingerprint density at radius 1 is 0.895 bits per heavy atom. The third-order valence-corrected chi connectivity index (χ3v) is 3.68. The number of thioether (sulfide) groups is 1. The molecule has 0 saturated carbocycles. The van der Waals surface area contributed by atoms with Gasteiger partial charge in [0.05, 0.1) is 17.6 Å². The highest BCUT2D eigenvalue weighted by molar-refractivity contribution is 7.98. The highest BCUT2D eigenvalue weighted by Gasteiger charge is 2.06. The van der Waals surface area contributed by atoms with E-state index in [4.69, 9.17) is 0 Å². The molecule has 0 N–H and O–H groups in total. The summed E-state index contributed by atoms with van der Waals surface area (Å²) < 4.78 is 1.94. The SMILES string of the molecule is CSc1ccc(-n2nccc2-c2ccncc2)cc1. The third-order valence-electron chi connectivity index (χ3n) is 2.94. The molecule has 3 nitrogen and oxygen atoms in total. The van der Waals surface area contributed by atoms with Crippen molar-refractivity contribution in [2.24, 2.45) is 0 Å². The Labute approximate surface area is 116 Å². The second kappa shape index (κ2) is 5.28. The second-order valence-electron chi connectivity index (χ2n) is 4.06. The van der Waals surface area contributed by atoms with Crippen LogP contribution in [0.3, 0.4) is 0 Å². The van der Waals surface area contributed by atoms with E-state index in [1.54, 1.807) is 24.2 Å². The van der Waals surface area contributed by atoms with Crippen molar-refractivity contribution >= 4 is 11.8 Å². The second-order valence-corrected chi connectivity index (χ2v) is 4.94. The molecule has 2 aromatic heterocycles. The van der Waals surface area contributed by atoms with Crippen LogP contribution in [0.1, 0.15) is 0 Å². The first-order chi connectivity index (χ1) is 9.38. The molecule has 0 atom stereocenters. The predicted molar refractivity (Wildman–Crippen MR) is 78.6 cm³/mol. The van der Waals surface area contributed by atoms with Gasteiger partial charge in [-0.3, -0.25) is 4.98 Å². The lowest BCUT2D eigenvalue weighted by Gasteiger charge is -2.08. The van der Waals surface area contributed by atoms with Crippen LogP contribution in [0, 0.1) is 0 Å². The minimum absolute atomic E-state index is 1.06. The van der Waals surface area contributed by atoms with E-state index >= 15 is 0 Å². The van der Waals surface area contributed by atoms with Crippen LogP contribution < -0.4 is 0 Å². The molecule has 0 amide bonds. The lowest BCUT2D eigenvalue weighted by atomic mass is 10.2. The van der Waals surface area contributed by atoms with Crippen LogP contribution in [-0.4, -0.2) is 21.0 Å². The topological polar surface area (TPSA) is 30.7 Å². The maximum absolute atomic E-state index is 4.41. The smallest absolute Gasteiger partial charge is 0.0742 e. The summed E-state index contributed by atoms with van der Waals surface area (Å²) in [5.74, 6) is 0. The summed E-state index contributed by atoms with van der Waals surface area (Å²) >= 11 is 1.74. The van der Waals surface area contributed by atoms with E-state index in [0.717, 1.165) is 16.9 Å². The van der Waals surface area contributed by atoms with E-state index in [-0.39, 0.29) is 0 Å². The Bertz CT molecular complexity index is 659. The fourth-order valence-corrected chi connectivity index (χ4v) is 2.38. The van der Waals surface area contributed by atoms with Crippen LogP contribution in [0.15, 0.2) is 66.0 Å². The van der Waals surface area contributed by atoms with E-state index < -0.39 is 0 Å². The quantitative estimate of drug-likeness (QED) is 0.679. The summed E-state index contributed by atoms with van der Waals surface area (Å²) in [5, 5.41) is 4.41. The largest absolute Gasteiger partial charge is 0.265 e. The molecule has 4 heteroatoms. The normalized spacial score (nSPS) is 10.6. The zero-order valence-electron chi connectivity index (χ0n) is 10.5. The van der Waals surface area contributed by atoms with Crippen LogP contribution in [0.4, 0.5) is 0 Å². The van der Waals surface area contributed by atoms with E-state index in [9.17, 15) is 0 Å². The van der Waals surface area contributed by atoms with Crippen molar-refractivity contribution in [1.82, 2.24) is 14.8 Å². The molecule has 0 aliphatic carbocycles. The van der Waals surface area contributed by atoms with E-state index in [0.29, 0.717) is 0 Å². The zero-order valence-corrected chi connectivity index (χ0v) is 11.3. The van der Waals surface area contributed by atoms with Gasteiger partial charge >= 0.3 is 0 Å². The lowest BCUT2D eigenvalue weighted by molar-refractivity contribution is 0.886. The molecule has 0 aliphatic heterocycles. The van der Waals surface area contributed by atoms with Gasteiger partial charge in [0.15, 0.2) is 0 Å². The third kappa shape index (κ3) is 2.39. The van der Waals surface area contributed by atoms with Crippen LogP contribution in [-0.2, 0) is 0 Å². The van der Waals surface area contributed by atoms with Crippen molar-refractivity contribution in [1.29, 1.82) is 0 Å². The van der Waals surface area contributed by atoms with Crippen molar-refractivity contribution in [2.45, 2.75) is 4.90 Å². The Morgan fingerprint density at radius 3 is 2.32 bits per heavy atom. The van der Waals surface area contributed by atoms with Gasteiger partial charge in [0.1, 0.15) is 0 Å². The average molecular weight is 267 g/mol. The first kappa shape index (κ1) is 12.0. The van der Waals surface area contributed by atoms with Gasteiger partial charge in [-0.05, 0) is 48.7 Å². The lowest BCUT2D eigenvalue weighted by Crippen LogP contribution is -1.98. The summed E-state index contributed by atoms with van der Waals surface area (Å²) in [6.45, 7) is 0. The fourth-order valence-electron chi connectivity index (χ4n) is 1.97. The van der Waals surface area contributed by atoms with E-state index in [1.807, 2.05) is 29.1 Å². The number of hydrogen-bond donors (Lipinski definition) is 0. The van der Waals surface area contributed by atoms with Gasteiger partial charge < -0.3 is 0 Å². The molecule has 0 bridgehead atoms. The summed E-state index contributed by atoms with van der Waals surface area (Å²) in [6, 6.07) is 14.4. The molecule has 1 aromatic carbocycles. The van der Waals surface area contributed by atoms with Crippen LogP contribution >= 0.6 is 11.8 Å². The maximum Gasteiger partial charge on any atom is 0.0742 e. The molecular weight excluding hydrogens is 254 g/mol. The summed E-state index contributed by atoms with van der Waals surface area (Å²) in [6.07, 6.45) is 7.48. The molecule has 19 heavy (non-hydrogen) atoms. The number of benzene rings is 1. The van der Waals surface area contributed by atoms with Gasteiger partial charge in [-0.1, -0.05) is 0 Å². The van der Waals surface area contributed by atoms with Crippen LogP contribution in [0.25, 0.3) is 16.9 Å². The molecule has 3 rings (SSSR count). The minimum Gasteiger partial charge on any atom is -0.265 e. The molecule has 0 saturated heterocycles. The van der Waals surface area contributed by atoms with Gasteiger partial charge in [-0.25, -0.2) is 4.68 Å². The Morgan fingerprint density at radius 2 is 1.63 bits per heavy atom. The van der Waals surface area contributed by atoms with Crippen molar-refractivity contribution < 1.29 is 0 Å². The molecule has 0 unspecified atom stereocenters. The maximum atomic E-state index is 4.41. The summed E-state index contributed by atoms with van der Waals surface area (Å²) in [7, 11) is 0. The molecule has 2 heterocycles. The monoisotopic (exact) mass is 267 g/mol. The van der Waals surface area contributed by atoms with Gasteiger partial charge in [0, 0.05) is 22.9 Å². The average Bonchev–Trinajstić information content (AvgIpc) is 2.98. The highest BCUT2D eigenvalue weighted by atomic mass is 32.2. The van der Waals surface area contributed by atoms with Crippen molar-refractivity contribution in [2.75, 3.05) is 6.26 Å². The van der Waals surface area contributed by atoms with E-state index in [1.165, 1.54) is 4.90 Å². The molecule has 0 aliphatic rings. The number of pyridine rings is 1. The Hall–Kier alpha value is -2.07. The Balaban J connectivity index is 2.04. The molecule has 0 fully saturated rings. The fraction of sp³-hybridized carbons (Fsp3) is 0.0667. The molecule has 0 spiro atoms. The Kier molecular flexibility index (Phi) is 3.33. The standard InChI is InChI=1S/C15H13N3S/c1-19-14-4-2-13(3-5-14)18-15(8-11-17-18)12-6-9-16-10-7-12/h2-11H,1H3. The highest BCUT2D eigenvalue weighted by Crippen LogP contribution is 2.23. The summed E-state index contributed by atoms with van der Waals surface area (Å²) in [4.78, 5) is 5.30. The predicted octanol–water partition coefficient (Wildman–Crippen LogP) is 3.66. The zero-order chi connectivity index (χ0) is 13.1. The van der Waals surface area contributed by atoms with Gasteiger partial charge in [0.25, 0.3) is 0 Å².